The Balaban J connectivity index is 1.82. The lowest BCUT2D eigenvalue weighted by atomic mass is 10.1. The third-order valence-electron chi connectivity index (χ3n) is 3.81. The smallest absolute Gasteiger partial charge is 0.278 e. The van der Waals surface area contributed by atoms with Crippen molar-refractivity contribution in [1.29, 1.82) is 0 Å². The van der Waals surface area contributed by atoms with E-state index in [9.17, 15) is 10.1 Å². The van der Waals surface area contributed by atoms with Crippen molar-refractivity contribution in [3.05, 3.63) is 40.6 Å². The fraction of sp³-hybridized carbons (Fsp3) is 0.400. The van der Waals surface area contributed by atoms with Crippen LogP contribution in [-0.2, 0) is 4.74 Å². The molecule has 1 aliphatic heterocycles. The van der Waals surface area contributed by atoms with Crippen molar-refractivity contribution in [3.8, 4) is 0 Å². The van der Waals surface area contributed by atoms with Crippen LogP contribution in [0.3, 0.4) is 0 Å². The van der Waals surface area contributed by atoms with Crippen LogP contribution in [0.25, 0.3) is 10.9 Å². The summed E-state index contributed by atoms with van der Waals surface area (Å²) in [6.45, 7) is 3.18. The molecule has 0 amide bonds. The van der Waals surface area contributed by atoms with E-state index < -0.39 is 0 Å². The zero-order valence-corrected chi connectivity index (χ0v) is 12.4. The number of benzene rings is 1. The van der Waals surface area contributed by atoms with E-state index in [1.54, 1.807) is 24.4 Å². The monoisotopic (exact) mass is 302 g/mol. The van der Waals surface area contributed by atoms with E-state index in [-0.39, 0.29) is 16.7 Å². The fourth-order valence-electron chi connectivity index (χ4n) is 2.67. The van der Waals surface area contributed by atoms with Crippen LogP contribution in [0.15, 0.2) is 30.5 Å². The van der Waals surface area contributed by atoms with Crippen LogP contribution in [-0.4, -0.2) is 54.2 Å². The number of nitrogens with one attached hydrogen (secondary N) is 1. The molecule has 3 rings (SSSR count). The van der Waals surface area contributed by atoms with E-state index >= 15 is 0 Å². The number of aromatic nitrogens is 1. The van der Waals surface area contributed by atoms with Gasteiger partial charge in [0.2, 0.25) is 0 Å². The Kier molecular flexibility index (Phi) is 4.17. The third-order valence-corrected chi connectivity index (χ3v) is 3.81. The summed E-state index contributed by atoms with van der Waals surface area (Å²) in [5.41, 5.74) is 1.47. The van der Waals surface area contributed by atoms with E-state index in [4.69, 9.17) is 4.74 Å². The summed E-state index contributed by atoms with van der Waals surface area (Å²) in [6, 6.07) is 6.65. The van der Waals surface area contributed by atoms with E-state index in [0.717, 1.165) is 25.4 Å². The fourth-order valence-corrected chi connectivity index (χ4v) is 2.67. The molecule has 0 spiro atoms. The number of fused-ring (bicyclic) bond motifs is 1. The molecule has 1 unspecified atom stereocenters. The zero-order valence-electron chi connectivity index (χ0n) is 12.4. The molecular formula is C15H18N4O3. The number of nitro benzene ring substituents is 1. The van der Waals surface area contributed by atoms with Gasteiger partial charge in [-0.3, -0.25) is 15.1 Å². The van der Waals surface area contributed by atoms with Gasteiger partial charge in [0.05, 0.1) is 28.7 Å². The van der Waals surface area contributed by atoms with Gasteiger partial charge in [0.15, 0.2) is 0 Å². The normalized spacial score (nSPS) is 19.2. The minimum Gasteiger partial charge on any atom is -0.381 e. The van der Waals surface area contributed by atoms with Crippen molar-refractivity contribution >= 4 is 22.3 Å². The average molecular weight is 302 g/mol. The third kappa shape index (κ3) is 3.00. The van der Waals surface area contributed by atoms with Gasteiger partial charge in [0.25, 0.3) is 5.69 Å². The molecule has 7 nitrogen and oxygen atoms in total. The zero-order chi connectivity index (χ0) is 15.5. The molecule has 2 heterocycles. The topological polar surface area (TPSA) is 80.5 Å². The minimum absolute atomic E-state index is 0.0716. The molecule has 1 aromatic carbocycles. The van der Waals surface area contributed by atoms with Gasteiger partial charge in [-0.05, 0) is 25.2 Å². The summed E-state index contributed by atoms with van der Waals surface area (Å²) >= 11 is 0. The number of hydrogen-bond donors (Lipinski definition) is 1. The predicted octanol–water partition coefficient (Wildman–Crippen LogP) is 1.89. The second-order valence-corrected chi connectivity index (χ2v) is 5.42. The van der Waals surface area contributed by atoms with Crippen molar-refractivity contribution < 1.29 is 9.66 Å². The highest BCUT2D eigenvalue weighted by atomic mass is 16.6. The highest BCUT2D eigenvalue weighted by Crippen LogP contribution is 2.29. The maximum absolute atomic E-state index is 11.1. The molecule has 0 saturated carbocycles. The van der Waals surface area contributed by atoms with Gasteiger partial charge in [-0.15, -0.1) is 0 Å². The van der Waals surface area contributed by atoms with Crippen LogP contribution in [0.5, 0.6) is 0 Å². The maximum atomic E-state index is 11.1. The Bertz CT molecular complexity index is 692. The summed E-state index contributed by atoms with van der Waals surface area (Å²) in [5, 5.41) is 14.9. The molecule has 1 saturated heterocycles. The lowest BCUT2D eigenvalue weighted by molar-refractivity contribution is -0.383. The Labute approximate surface area is 128 Å². The Morgan fingerprint density at radius 2 is 2.36 bits per heavy atom. The Morgan fingerprint density at radius 1 is 1.50 bits per heavy atom. The lowest BCUT2D eigenvalue weighted by Crippen LogP contribution is -2.43. The van der Waals surface area contributed by atoms with Gasteiger partial charge in [0.1, 0.15) is 5.52 Å². The van der Waals surface area contributed by atoms with Gasteiger partial charge in [0, 0.05) is 31.9 Å². The molecule has 1 aliphatic rings. The van der Waals surface area contributed by atoms with E-state index in [1.165, 1.54) is 6.07 Å². The molecule has 1 atom stereocenters. The highest BCUT2D eigenvalue weighted by molar-refractivity contribution is 5.96. The molecule has 1 aromatic heterocycles. The number of hydrogen-bond acceptors (Lipinski definition) is 6. The van der Waals surface area contributed by atoms with Gasteiger partial charge in [-0.1, -0.05) is 0 Å². The van der Waals surface area contributed by atoms with E-state index in [2.05, 4.69) is 22.2 Å². The first-order valence-electron chi connectivity index (χ1n) is 7.21. The van der Waals surface area contributed by atoms with Crippen LogP contribution in [0.4, 0.5) is 11.4 Å². The molecule has 2 aromatic rings. The quantitative estimate of drug-likeness (QED) is 0.686. The predicted molar refractivity (Wildman–Crippen MR) is 84.1 cm³/mol. The summed E-state index contributed by atoms with van der Waals surface area (Å²) in [6.07, 6.45) is 1.75. The van der Waals surface area contributed by atoms with E-state index in [0.29, 0.717) is 17.4 Å². The number of anilines is 1. The molecule has 1 N–H and O–H groups in total. The van der Waals surface area contributed by atoms with Crippen molar-refractivity contribution in [2.45, 2.75) is 6.10 Å². The molecule has 1 fully saturated rings. The number of ether oxygens (including phenoxy) is 1. The molecule has 116 valence electrons. The standard InChI is InChI=1S/C15H18N4O3/c1-18-7-8-22-11(10-18)9-17-13-4-5-14(19(20)21)12-3-2-6-16-15(12)13/h2-6,11,17H,7-10H2,1H3. The first-order valence-corrected chi connectivity index (χ1v) is 7.21. The first-order chi connectivity index (χ1) is 10.6. The molecule has 0 bridgehead atoms. The average Bonchev–Trinajstić information content (AvgIpc) is 2.52. The number of nitro groups is 1. The van der Waals surface area contributed by atoms with Crippen molar-refractivity contribution in [3.63, 3.8) is 0 Å². The van der Waals surface area contributed by atoms with Crippen molar-refractivity contribution in [2.24, 2.45) is 0 Å². The Morgan fingerprint density at radius 3 is 3.14 bits per heavy atom. The largest absolute Gasteiger partial charge is 0.381 e. The van der Waals surface area contributed by atoms with Gasteiger partial charge in [-0.2, -0.15) is 0 Å². The van der Waals surface area contributed by atoms with Crippen molar-refractivity contribution in [2.75, 3.05) is 38.6 Å². The molecule has 0 radical (unpaired) electrons. The van der Waals surface area contributed by atoms with Gasteiger partial charge in [-0.25, -0.2) is 0 Å². The lowest BCUT2D eigenvalue weighted by Gasteiger charge is -2.30. The van der Waals surface area contributed by atoms with Crippen LogP contribution < -0.4 is 5.32 Å². The van der Waals surface area contributed by atoms with Gasteiger partial charge >= 0.3 is 0 Å². The second-order valence-electron chi connectivity index (χ2n) is 5.42. The number of morpholine rings is 1. The Hall–Kier alpha value is -2.25. The SMILES string of the molecule is CN1CCOC(CNc2ccc([N+](=O)[O-])c3cccnc23)C1. The summed E-state index contributed by atoms with van der Waals surface area (Å²) < 4.78 is 5.71. The molecule has 7 heteroatoms. The molecule has 22 heavy (non-hydrogen) atoms. The van der Waals surface area contributed by atoms with Crippen molar-refractivity contribution in [1.82, 2.24) is 9.88 Å². The summed E-state index contributed by atoms with van der Waals surface area (Å²) in [7, 11) is 2.07. The summed E-state index contributed by atoms with van der Waals surface area (Å²) in [5.74, 6) is 0. The minimum atomic E-state index is -0.382. The molecule has 0 aliphatic carbocycles. The maximum Gasteiger partial charge on any atom is 0.278 e. The highest BCUT2D eigenvalue weighted by Gasteiger charge is 2.19. The number of likely N-dealkylation sites (N-methyl/N-ethyl adjacent to an activating group) is 1. The molecular weight excluding hydrogens is 284 g/mol. The first kappa shape index (κ1) is 14.7. The van der Waals surface area contributed by atoms with Crippen LogP contribution >= 0.6 is 0 Å². The van der Waals surface area contributed by atoms with Crippen LogP contribution in [0.1, 0.15) is 0 Å². The second kappa shape index (κ2) is 6.25. The number of non-ortho nitro benzene ring substituents is 1. The van der Waals surface area contributed by atoms with Gasteiger partial charge < -0.3 is 15.0 Å². The summed E-state index contributed by atoms with van der Waals surface area (Å²) in [4.78, 5) is 17.2. The number of nitrogens with zero attached hydrogens (tertiary/aromatic N) is 3. The van der Waals surface area contributed by atoms with Crippen LogP contribution in [0, 0.1) is 10.1 Å². The van der Waals surface area contributed by atoms with Crippen LogP contribution in [0.2, 0.25) is 0 Å². The van der Waals surface area contributed by atoms with E-state index in [1.807, 2.05) is 0 Å². The number of rotatable bonds is 4. The number of pyridine rings is 1.